The SMILES string of the molecule is CC(C)Oc1ccccc1N=C(/C=C(\N)C(F)(F)F)C(=O)O. The molecule has 3 N–H and O–H groups in total. The molecule has 120 valence electrons. The minimum absolute atomic E-state index is 0.0971. The van der Waals surface area contributed by atoms with Gasteiger partial charge < -0.3 is 15.6 Å². The smallest absolute Gasteiger partial charge is 0.430 e. The highest BCUT2D eigenvalue weighted by Gasteiger charge is 2.32. The summed E-state index contributed by atoms with van der Waals surface area (Å²) in [5.41, 5.74) is 2.54. The molecule has 0 saturated heterocycles. The number of nitrogens with two attached hydrogens (primary N) is 1. The van der Waals surface area contributed by atoms with Crippen molar-refractivity contribution >= 4 is 17.4 Å². The average molecular weight is 316 g/mol. The van der Waals surface area contributed by atoms with Crippen molar-refractivity contribution in [2.24, 2.45) is 10.7 Å². The van der Waals surface area contributed by atoms with Crippen molar-refractivity contribution in [3.63, 3.8) is 0 Å². The van der Waals surface area contributed by atoms with E-state index in [0.717, 1.165) is 0 Å². The second kappa shape index (κ2) is 6.97. The third kappa shape index (κ3) is 5.12. The van der Waals surface area contributed by atoms with E-state index in [2.05, 4.69) is 4.99 Å². The molecule has 5 nitrogen and oxygen atoms in total. The summed E-state index contributed by atoms with van der Waals surface area (Å²) in [6.45, 7) is 3.50. The van der Waals surface area contributed by atoms with Gasteiger partial charge in [-0.25, -0.2) is 9.79 Å². The number of halogens is 3. The van der Waals surface area contributed by atoms with Crippen LogP contribution < -0.4 is 10.5 Å². The van der Waals surface area contributed by atoms with Gasteiger partial charge in [0.1, 0.15) is 17.1 Å². The molecule has 0 aromatic heterocycles. The second-order valence-electron chi connectivity index (χ2n) is 4.53. The Morgan fingerprint density at radius 3 is 2.45 bits per heavy atom. The van der Waals surface area contributed by atoms with E-state index in [1.165, 1.54) is 12.1 Å². The van der Waals surface area contributed by atoms with Crippen molar-refractivity contribution in [2.75, 3.05) is 0 Å². The molecule has 0 fully saturated rings. The van der Waals surface area contributed by atoms with Gasteiger partial charge in [0.2, 0.25) is 0 Å². The Kier molecular flexibility index (Phi) is 5.56. The Morgan fingerprint density at radius 2 is 1.95 bits per heavy atom. The maximum Gasteiger partial charge on any atom is 0.430 e. The molecular formula is C14H15F3N2O3. The van der Waals surface area contributed by atoms with E-state index >= 15 is 0 Å². The van der Waals surface area contributed by atoms with Crippen molar-refractivity contribution in [1.82, 2.24) is 0 Å². The molecule has 0 heterocycles. The van der Waals surface area contributed by atoms with E-state index in [0.29, 0.717) is 0 Å². The molecule has 1 aromatic rings. The number of para-hydroxylation sites is 2. The third-order valence-electron chi connectivity index (χ3n) is 2.31. The fourth-order valence-corrected chi connectivity index (χ4v) is 1.40. The number of allylic oxidation sites excluding steroid dienone is 1. The summed E-state index contributed by atoms with van der Waals surface area (Å²) in [6.07, 6.45) is -4.76. The zero-order valence-corrected chi connectivity index (χ0v) is 11.9. The first-order chi connectivity index (χ1) is 10.1. The van der Waals surface area contributed by atoms with Gasteiger partial charge in [-0.3, -0.25) is 0 Å². The lowest BCUT2D eigenvalue weighted by atomic mass is 10.2. The molecule has 0 aliphatic heterocycles. The minimum Gasteiger partial charge on any atom is -0.489 e. The van der Waals surface area contributed by atoms with Crippen LogP contribution in [0, 0.1) is 0 Å². The predicted octanol–water partition coefficient (Wildman–Crippen LogP) is 3.04. The topological polar surface area (TPSA) is 84.9 Å². The van der Waals surface area contributed by atoms with Crippen LogP contribution in [0.25, 0.3) is 0 Å². The van der Waals surface area contributed by atoms with Gasteiger partial charge in [-0.05, 0) is 32.1 Å². The van der Waals surface area contributed by atoms with Gasteiger partial charge >= 0.3 is 12.1 Å². The number of rotatable bonds is 5. The minimum atomic E-state index is -4.83. The van der Waals surface area contributed by atoms with Crippen LogP contribution in [0.3, 0.4) is 0 Å². The van der Waals surface area contributed by atoms with Crippen molar-refractivity contribution in [1.29, 1.82) is 0 Å². The molecule has 0 atom stereocenters. The maximum atomic E-state index is 12.4. The van der Waals surface area contributed by atoms with Crippen molar-refractivity contribution < 1.29 is 27.8 Å². The summed E-state index contributed by atoms with van der Waals surface area (Å²) in [7, 11) is 0. The fraction of sp³-hybridized carbons (Fsp3) is 0.286. The van der Waals surface area contributed by atoms with Crippen molar-refractivity contribution in [3.05, 3.63) is 36.0 Å². The van der Waals surface area contributed by atoms with Crippen molar-refractivity contribution in [3.8, 4) is 5.75 Å². The molecule has 0 unspecified atom stereocenters. The molecule has 0 aliphatic rings. The number of carbonyl (C=O) groups is 1. The largest absolute Gasteiger partial charge is 0.489 e. The highest BCUT2D eigenvalue weighted by molar-refractivity contribution is 6.41. The quantitative estimate of drug-likeness (QED) is 0.818. The number of carboxylic acid groups (broad SMARTS) is 1. The zero-order valence-electron chi connectivity index (χ0n) is 11.9. The number of benzene rings is 1. The maximum absolute atomic E-state index is 12.4. The van der Waals surface area contributed by atoms with Crippen LogP contribution in [-0.4, -0.2) is 29.1 Å². The number of alkyl halides is 3. The van der Waals surface area contributed by atoms with E-state index in [1.54, 1.807) is 26.0 Å². The molecule has 8 heteroatoms. The number of nitrogens with zero attached hydrogens (tertiary/aromatic N) is 1. The van der Waals surface area contributed by atoms with Gasteiger partial charge in [0, 0.05) is 0 Å². The monoisotopic (exact) mass is 316 g/mol. The third-order valence-corrected chi connectivity index (χ3v) is 2.31. The molecular weight excluding hydrogens is 301 g/mol. The van der Waals surface area contributed by atoms with E-state index in [9.17, 15) is 18.0 Å². The lowest BCUT2D eigenvalue weighted by molar-refractivity contribution is -0.129. The number of aliphatic carboxylic acids is 1. The summed E-state index contributed by atoms with van der Waals surface area (Å²) in [6, 6.07) is 6.16. The molecule has 0 radical (unpaired) electrons. The molecule has 0 bridgehead atoms. The van der Waals surface area contributed by atoms with Crippen LogP contribution in [-0.2, 0) is 4.79 Å². The van der Waals surface area contributed by atoms with Crippen LogP contribution in [0.2, 0.25) is 0 Å². The van der Waals surface area contributed by atoms with Crippen molar-refractivity contribution in [2.45, 2.75) is 26.1 Å². The van der Waals surface area contributed by atoms with Gasteiger partial charge in [0.05, 0.1) is 6.10 Å². The zero-order chi connectivity index (χ0) is 16.9. The lowest BCUT2D eigenvalue weighted by Crippen LogP contribution is -2.22. The highest BCUT2D eigenvalue weighted by atomic mass is 19.4. The van der Waals surface area contributed by atoms with Crippen LogP contribution >= 0.6 is 0 Å². The fourth-order valence-electron chi connectivity index (χ4n) is 1.40. The Hall–Kier alpha value is -2.51. The molecule has 0 amide bonds. The number of carboxylic acids is 1. The molecule has 1 rings (SSSR count). The summed E-state index contributed by atoms with van der Waals surface area (Å²) in [4.78, 5) is 14.8. The molecule has 22 heavy (non-hydrogen) atoms. The van der Waals surface area contributed by atoms with E-state index in [4.69, 9.17) is 15.6 Å². The van der Waals surface area contributed by atoms with Crippen LogP contribution in [0.4, 0.5) is 18.9 Å². The van der Waals surface area contributed by atoms with Gasteiger partial charge in [0.25, 0.3) is 0 Å². The van der Waals surface area contributed by atoms with Gasteiger partial charge in [-0.15, -0.1) is 0 Å². The number of hydrogen-bond donors (Lipinski definition) is 2. The highest BCUT2D eigenvalue weighted by Crippen LogP contribution is 2.28. The first kappa shape index (κ1) is 17.5. The number of hydrogen-bond acceptors (Lipinski definition) is 4. The summed E-state index contributed by atoms with van der Waals surface area (Å²) in [5.74, 6) is -1.37. The molecule has 0 saturated carbocycles. The Bertz CT molecular complexity index is 608. The standard InChI is InChI=1S/C14H15F3N2O3/c1-8(2)22-11-6-4-3-5-9(11)19-10(13(20)21)7-12(18)14(15,16)17/h3-8H,18H2,1-2H3,(H,20,21)/b12-7-,19-10?. The van der Waals surface area contributed by atoms with Gasteiger partial charge in [-0.2, -0.15) is 13.2 Å². The van der Waals surface area contributed by atoms with Gasteiger partial charge in [0.15, 0.2) is 5.71 Å². The first-order valence-corrected chi connectivity index (χ1v) is 6.23. The summed E-state index contributed by atoms with van der Waals surface area (Å²) in [5, 5.41) is 8.98. The van der Waals surface area contributed by atoms with E-state index < -0.39 is 23.6 Å². The molecule has 0 aliphatic carbocycles. The average Bonchev–Trinajstić information content (AvgIpc) is 2.38. The first-order valence-electron chi connectivity index (χ1n) is 6.23. The number of ether oxygens (including phenoxy) is 1. The lowest BCUT2D eigenvalue weighted by Gasteiger charge is -2.12. The second-order valence-corrected chi connectivity index (χ2v) is 4.53. The normalized spacial score (nSPS) is 13.4. The van der Waals surface area contributed by atoms with E-state index in [1.807, 2.05) is 0 Å². The number of aliphatic imine (C=N–C) groups is 1. The van der Waals surface area contributed by atoms with Crippen LogP contribution in [0.15, 0.2) is 41.0 Å². The van der Waals surface area contributed by atoms with E-state index in [-0.39, 0.29) is 23.6 Å². The molecule has 1 aromatic carbocycles. The Balaban J connectivity index is 3.29. The Morgan fingerprint density at radius 1 is 1.36 bits per heavy atom. The summed E-state index contributed by atoms with van der Waals surface area (Å²) >= 11 is 0. The van der Waals surface area contributed by atoms with Crippen LogP contribution in [0.5, 0.6) is 5.75 Å². The van der Waals surface area contributed by atoms with Gasteiger partial charge in [-0.1, -0.05) is 12.1 Å². The molecule has 0 spiro atoms. The van der Waals surface area contributed by atoms with Crippen LogP contribution in [0.1, 0.15) is 13.8 Å². The summed E-state index contributed by atoms with van der Waals surface area (Å²) < 4.78 is 42.6. The predicted molar refractivity (Wildman–Crippen MR) is 75.3 cm³/mol. The Labute approximate surface area is 124 Å².